The standard InChI is InChI=1S/C19H28ClN3O3/c1-5-21-8-10-22(11-9-21)19(25)6-7-23(15(3)24)17-12-14(2)16(20)13-18(17)26-4/h12-13H,5-11H2,1-4H3. The Kier molecular flexibility index (Phi) is 7.29. The third kappa shape index (κ3) is 4.89. The van der Waals surface area contributed by atoms with Crippen LogP contribution in [0.15, 0.2) is 12.1 Å². The predicted molar refractivity (Wildman–Crippen MR) is 104 cm³/mol. The number of halogens is 1. The molecule has 0 atom stereocenters. The van der Waals surface area contributed by atoms with E-state index >= 15 is 0 Å². The number of carbonyl (C=O) groups excluding carboxylic acids is 2. The van der Waals surface area contributed by atoms with E-state index in [0.29, 0.717) is 23.0 Å². The van der Waals surface area contributed by atoms with E-state index in [9.17, 15) is 9.59 Å². The van der Waals surface area contributed by atoms with Crippen LogP contribution in [0.1, 0.15) is 25.8 Å². The van der Waals surface area contributed by atoms with Gasteiger partial charge in [0.05, 0.1) is 12.8 Å². The maximum absolute atomic E-state index is 12.5. The number of aryl methyl sites for hydroxylation is 1. The zero-order valence-corrected chi connectivity index (χ0v) is 16.8. The number of ether oxygens (including phenoxy) is 1. The topological polar surface area (TPSA) is 53.1 Å². The number of hydrogen-bond donors (Lipinski definition) is 0. The van der Waals surface area contributed by atoms with Crippen molar-refractivity contribution >= 4 is 29.1 Å². The number of carbonyl (C=O) groups is 2. The van der Waals surface area contributed by atoms with Crippen molar-refractivity contribution in [2.24, 2.45) is 0 Å². The summed E-state index contributed by atoms with van der Waals surface area (Å²) in [4.78, 5) is 30.5. The van der Waals surface area contributed by atoms with Gasteiger partial charge in [-0.3, -0.25) is 9.59 Å². The van der Waals surface area contributed by atoms with Gasteiger partial charge in [0.25, 0.3) is 0 Å². The number of likely N-dealkylation sites (N-methyl/N-ethyl adjacent to an activating group) is 1. The Hall–Kier alpha value is -1.79. The summed E-state index contributed by atoms with van der Waals surface area (Å²) in [7, 11) is 1.54. The van der Waals surface area contributed by atoms with Crippen LogP contribution in [0, 0.1) is 6.92 Å². The highest BCUT2D eigenvalue weighted by atomic mass is 35.5. The van der Waals surface area contributed by atoms with E-state index in [1.807, 2.05) is 17.9 Å². The highest BCUT2D eigenvalue weighted by molar-refractivity contribution is 6.31. The second-order valence-electron chi connectivity index (χ2n) is 6.51. The van der Waals surface area contributed by atoms with Crippen molar-refractivity contribution in [1.82, 2.24) is 9.80 Å². The Morgan fingerprint density at radius 2 is 1.88 bits per heavy atom. The molecular weight excluding hydrogens is 354 g/mol. The molecule has 0 bridgehead atoms. The molecule has 1 aliphatic rings. The van der Waals surface area contributed by atoms with Crippen molar-refractivity contribution in [2.45, 2.75) is 27.2 Å². The highest BCUT2D eigenvalue weighted by Crippen LogP contribution is 2.34. The molecule has 0 aliphatic carbocycles. The Morgan fingerprint density at radius 1 is 1.23 bits per heavy atom. The summed E-state index contributed by atoms with van der Waals surface area (Å²) < 4.78 is 5.38. The number of hydrogen-bond acceptors (Lipinski definition) is 4. The minimum Gasteiger partial charge on any atom is -0.495 e. The molecule has 1 aliphatic heterocycles. The van der Waals surface area contributed by atoms with Gasteiger partial charge in [0.15, 0.2) is 0 Å². The summed E-state index contributed by atoms with van der Waals surface area (Å²) in [6, 6.07) is 3.53. The van der Waals surface area contributed by atoms with Crippen molar-refractivity contribution in [3.63, 3.8) is 0 Å². The molecule has 0 unspecified atom stereocenters. The third-order valence-electron chi connectivity index (χ3n) is 4.85. The first-order valence-electron chi connectivity index (χ1n) is 8.99. The number of amides is 2. The average molecular weight is 382 g/mol. The van der Waals surface area contributed by atoms with Gasteiger partial charge in [0.2, 0.25) is 11.8 Å². The maximum Gasteiger partial charge on any atom is 0.224 e. The van der Waals surface area contributed by atoms with Crippen LogP contribution in [0.4, 0.5) is 5.69 Å². The normalized spacial score (nSPS) is 15.0. The Balaban J connectivity index is 2.07. The van der Waals surface area contributed by atoms with Gasteiger partial charge in [-0.1, -0.05) is 18.5 Å². The zero-order valence-electron chi connectivity index (χ0n) is 16.0. The Bertz CT molecular complexity index is 658. The van der Waals surface area contributed by atoms with Gasteiger partial charge < -0.3 is 19.4 Å². The quantitative estimate of drug-likeness (QED) is 0.760. The largest absolute Gasteiger partial charge is 0.495 e. The molecular formula is C19H28ClN3O3. The van der Waals surface area contributed by atoms with Crippen LogP contribution in [0.5, 0.6) is 5.75 Å². The summed E-state index contributed by atoms with van der Waals surface area (Å²) in [5, 5.41) is 0.582. The SMILES string of the molecule is CCN1CCN(C(=O)CCN(C(C)=O)c2cc(C)c(Cl)cc2OC)CC1. The fourth-order valence-electron chi connectivity index (χ4n) is 3.15. The fourth-order valence-corrected chi connectivity index (χ4v) is 3.30. The summed E-state index contributed by atoms with van der Waals surface area (Å²) in [5.41, 5.74) is 1.50. The predicted octanol–water partition coefficient (Wildman–Crippen LogP) is 2.56. The van der Waals surface area contributed by atoms with Crippen LogP contribution in [-0.2, 0) is 9.59 Å². The number of rotatable bonds is 6. The van der Waals surface area contributed by atoms with Crippen molar-refractivity contribution < 1.29 is 14.3 Å². The lowest BCUT2D eigenvalue weighted by atomic mass is 10.1. The summed E-state index contributed by atoms with van der Waals surface area (Å²) in [6.45, 7) is 10.1. The van der Waals surface area contributed by atoms with Gasteiger partial charge in [-0.25, -0.2) is 0 Å². The first kappa shape index (κ1) is 20.5. The van der Waals surface area contributed by atoms with Gasteiger partial charge in [-0.15, -0.1) is 0 Å². The molecule has 6 nitrogen and oxygen atoms in total. The molecule has 0 N–H and O–H groups in total. The Morgan fingerprint density at radius 3 is 2.42 bits per heavy atom. The fraction of sp³-hybridized carbons (Fsp3) is 0.579. The lowest BCUT2D eigenvalue weighted by Crippen LogP contribution is -2.49. The van der Waals surface area contributed by atoms with E-state index in [0.717, 1.165) is 38.3 Å². The van der Waals surface area contributed by atoms with E-state index in [1.165, 1.54) is 6.92 Å². The molecule has 0 aromatic heterocycles. The number of piperazine rings is 1. The van der Waals surface area contributed by atoms with Crippen LogP contribution in [0.3, 0.4) is 0 Å². The van der Waals surface area contributed by atoms with E-state index < -0.39 is 0 Å². The van der Waals surface area contributed by atoms with Crippen molar-refractivity contribution in [3.8, 4) is 5.75 Å². The number of anilines is 1. The third-order valence-corrected chi connectivity index (χ3v) is 5.26. The Labute approximate surface area is 160 Å². The second-order valence-corrected chi connectivity index (χ2v) is 6.92. The van der Waals surface area contributed by atoms with Crippen LogP contribution in [0.2, 0.25) is 5.02 Å². The van der Waals surface area contributed by atoms with E-state index in [1.54, 1.807) is 18.1 Å². The molecule has 1 saturated heterocycles. The molecule has 1 aromatic rings. The molecule has 0 spiro atoms. The van der Waals surface area contributed by atoms with E-state index in [2.05, 4.69) is 11.8 Å². The molecule has 1 fully saturated rings. The van der Waals surface area contributed by atoms with Crippen LogP contribution < -0.4 is 9.64 Å². The summed E-state index contributed by atoms with van der Waals surface area (Å²) in [6.07, 6.45) is 0.288. The smallest absolute Gasteiger partial charge is 0.224 e. The van der Waals surface area contributed by atoms with Crippen molar-refractivity contribution in [2.75, 3.05) is 51.3 Å². The molecule has 2 rings (SSSR count). The molecule has 0 saturated carbocycles. The van der Waals surface area contributed by atoms with Gasteiger partial charge in [-0.05, 0) is 25.1 Å². The van der Waals surface area contributed by atoms with E-state index in [-0.39, 0.29) is 18.2 Å². The number of benzene rings is 1. The molecule has 1 aromatic carbocycles. The lowest BCUT2D eigenvalue weighted by molar-refractivity contribution is -0.132. The zero-order chi connectivity index (χ0) is 19.3. The minimum absolute atomic E-state index is 0.0802. The van der Waals surface area contributed by atoms with Gasteiger partial charge in [-0.2, -0.15) is 0 Å². The summed E-state index contributed by atoms with van der Waals surface area (Å²) >= 11 is 6.15. The van der Waals surface area contributed by atoms with Crippen LogP contribution in [-0.4, -0.2) is 68.0 Å². The maximum atomic E-state index is 12.5. The molecule has 0 radical (unpaired) electrons. The second kappa shape index (κ2) is 9.24. The van der Waals surface area contributed by atoms with Crippen molar-refractivity contribution in [1.29, 1.82) is 0 Å². The number of nitrogens with zero attached hydrogens (tertiary/aromatic N) is 3. The monoisotopic (exact) mass is 381 g/mol. The lowest BCUT2D eigenvalue weighted by Gasteiger charge is -2.34. The van der Waals surface area contributed by atoms with Gasteiger partial charge in [0.1, 0.15) is 5.75 Å². The number of methoxy groups -OCH3 is 1. The first-order valence-corrected chi connectivity index (χ1v) is 9.37. The van der Waals surface area contributed by atoms with Gasteiger partial charge >= 0.3 is 0 Å². The van der Waals surface area contributed by atoms with Crippen LogP contribution >= 0.6 is 11.6 Å². The molecule has 144 valence electrons. The molecule has 1 heterocycles. The average Bonchev–Trinajstić information content (AvgIpc) is 2.64. The molecule has 7 heteroatoms. The van der Waals surface area contributed by atoms with Crippen molar-refractivity contribution in [3.05, 3.63) is 22.7 Å². The van der Waals surface area contributed by atoms with E-state index in [4.69, 9.17) is 16.3 Å². The summed E-state index contributed by atoms with van der Waals surface area (Å²) in [5.74, 6) is 0.477. The first-order chi connectivity index (χ1) is 12.4. The molecule has 26 heavy (non-hydrogen) atoms. The minimum atomic E-state index is -0.131. The van der Waals surface area contributed by atoms with Crippen LogP contribution in [0.25, 0.3) is 0 Å². The highest BCUT2D eigenvalue weighted by Gasteiger charge is 2.23. The molecule has 2 amide bonds. The van der Waals surface area contributed by atoms with Gasteiger partial charge in [0, 0.05) is 57.2 Å².